The fraction of sp³-hybridized carbons (Fsp3) is 0.400. The lowest BCUT2D eigenvalue weighted by Gasteiger charge is -2.27. The maximum Gasteiger partial charge on any atom is 0.191 e. The molecule has 0 aliphatic carbocycles. The summed E-state index contributed by atoms with van der Waals surface area (Å²) in [6.07, 6.45) is 2.64. The largest absolute Gasteiger partial charge is 0.496 e. The van der Waals surface area contributed by atoms with Gasteiger partial charge in [0.05, 0.1) is 13.2 Å². The van der Waals surface area contributed by atoms with E-state index in [0.717, 1.165) is 35.8 Å². The van der Waals surface area contributed by atoms with Crippen LogP contribution in [-0.2, 0) is 6.42 Å². The number of guanidine groups is 1. The number of aromatic nitrogens is 1. The second-order valence-corrected chi connectivity index (χ2v) is 6.73. The Kier molecular flexibility index (Phi) is 11.2. The zero-order valence-electron chi connectivity index (χ0n) is 16.8. The highest BCUT2D eigenvalue weighted by Crippen LogP contribution is 2.27. The van der Waals surface area contributed by atoms with Crippen molar-refractivity contribution in [3.8, 4) is 5.75 Å². The van der Waals surface area contributed by atoms with E-state index in [1.165, 1.54) is 0 Å². The lowest BCUT2D eigenvalue weighted by molar-refractivity contribution is 0.288. The van der Waals surface area contributed by atoms with Gasteiger partial charge in [-0.25, -0.2) is 4.98 Å². The molecule has 2 aromatic rings. The third-order valence-corrected chi connectivity index (χ3v) is 4.53. The minimum atomic E-state index is 0. The van der Waals surface area contributed by atoms with E-state index in [2.05, 4.69) is 45.7 Å². The zero-order chi connectivity index (χ0) is 19.6. The highest BCUT2D eigenvalue weighted by atomic mass is 127. The lowest BCUT2D eigenvalue weighted by atomic mass is 10.0. The summed E-state index contributed by atoms with van der Waals surface area (Å²) >= 11 is 5.82. The summed E-state index contributed by atoms with van der Waals surface area (Å²) in [6, 6.07) is 12.0. The van der Waals surface area contributed by atoms with Crippen LogP contribution in [0, 0.1) is 0 Å². The molecule has 0 fully saturated rings. The van der Waals surface area contributed by atoms with Crippen LogP contribution < -0.4 is 15.4 Å². The quantitative estimate of drug-likeness (QED) is 0.243. The van der Waals surface area contributed by atoms with Crippen LogP contribution in [-0.4, -0.2) is 57.2 Å². The second kappa shape index (κ2) is 12.8. The molecule has 0 radical (unpaired) electrons. The van der Waals surface area contributed by atoms with Crippen molar-refractivity contribution < 1.29 is 4.74 Å². The Morgan fingerprint density at radius 2 is 1.96 bits per heavy atom. The number of nitrogens with zero attached hydrogens (tertiary/aromatic N) is 3. The van der Waals surface area contributed by atoms with E-state index in [4.69, 9.17) is 16.3 Å². The van der Waals surface area contributed by atoms with Crippen molar-refractivity contribution in [2.75, 3.05) is 41.3 Å². The molecule has 0 saturated carbocycles. The molecule has 0 saturated heterocycles. The number of para-hydroxylation sites is 1. The van der Waals surface area contributed by atoms with Crippen LogP contribution in [0.5, 0.6) is 5.75 Å². The molecule has 2 N–H and O–H groups in total. The summed E-state index contributed by atoms with van der Waals surface area (Å²) in [5, 5.41) is 7.25. The zero-order valence-corrected chi connectivity index (χ0v) is 19.9. The van der Waals surface area contributed by atoms with Gasteiger partial charge in [-0.15, -0.1) is 24.0 Å². The third-order valence-electron chi connectivity index (χ3n) is 4.30. The maximum absolute atomic E-state index is 5.82. The number of methoxy groups -OCH3 is 1. The van der Waals surface area contributed by atoms with Gasteiger partial charge in [0.15, 0.2) is 5.96 Å². The number of rotatable bonds is 8. The summed E-state index contributed by atoms with van der Waals surface area (Å²) in [6.45, 7) is 1.46. The first-order valence-corrected chi connectivity index (χ1v) is 9.27. The second-order valence-electron chi connectivity index (χ2n) is 6.34. The Labute approximate surface area is 189 Å². The predicted molar refractivity (Wildman–Crippen MR) is 127 cm³/mol. The molecular weight excluding hydrogens is 489 g/mol. The van der Waals surface area contributed by atoms with Crippen molar-refractivity contribution in [3.05, 3.63) is 58.9 Å². The Hall–Kier alpha value is -1.58. The monoisotopic (exact) mass is 517 g/mol. The highest BCUT2D eigenvalue weighted by Gasteiger charge is 2.18. The molecule has 8 heteroatoms. The van der Waals surface area contributed by atoms with Crippen LogP contribution in [0.15, 0.2) is 47.6 Å². The number of aliphatic imine (C=N–C) groups is 1. The average molecular weight is 518 g/mol. The van der Waals surface area contributed by atoms with Gasteiger partial charge in [0.25, 0.3) is 0 Å². The molecule has 0 amide bonds. The molecule has 0 aliphatic heterocycles. The summed E-state index contributed by atoms with van der Waals surface area (Å²) in [7, 11) is 7.59. The van der Waals surface area contributed by atoms with Gasteiger partial charge in [0.2, 0.25) is 0 Å². The molecule has 154 valence electrons. The highest BCUT2D eigenvalue weighted by molar-refractivity contribution is 14.0. The lowest BCUT2D eigenvalue weighted by Crippen LogP contribution is -2.42. The van der Waals surface area contributed by atoms with Crippen LogP contribution >= 0.6 is 35.6 Å². The van der Waals surface area contributed by atoms with Gasteiger partial charge in [0, 0.05) is 31.9 Å². The number of likely N-dealkylation sites (N-methyl/N-ethyl adjacent to an activating group) is 1. The number of hydrogen-bond donors (Lipinski definition) is 2. The van der Waals surface area contributed by atoms with E-state index in [1.807, 2.05) is 24.3 Å². The van der Waals surface area contributed by atoms with E-state index in [0.29, 0.717) is 11.7 Å². The van der Waals surface area contributed by atoms with E-state index in [1.54, 1.807) is 26.4 Å². The number of benzene rings is 1. The first-order chi connectivity index (χ1) is 13.0. The van der Waals surface area contributed by atoms with E-state index < -0.39 is 0 Å². The molecule has 1 unspecified atom stereocenters. The minimum absolute atomic E-state index is 0. The molecule has 0 aliphatic rings. The van der Waals surface area contributed by atoms with Crippen molar-refractivity contribution in [1.29, 1.82) is 0 Å². The van der Waals surface area contributed by atoms with Gasteiger partial charge in [-0.3, -0.25) is 4.99 Å². The van der Waals surface area contributed by atoms with Crippen molar-refractivity contribution >= 4 is 41.5 Å². The van der Waals surface area contributed by atoms with Gasteiger partial charge in [-0.2, -0.15) is 0 Å². The van der Waals surface area contributed by atoms with E-state index in [-0.39, 0.29) is 30.0 Å². The number of pyridine rings is 1. The first-order valence-electron chi connectivity index (χ1n) is 8.89. The first kappa shape index (κ1) is 24.5. The third kappa shape index (κ3) is 7.44. The predicted octanol–water partition coefficient (Wildman–Crippen LogP) is 3.37. The van der Waals surface area contributed by atoms with Crippen LogP contribution in [0.1, 0.15) is 17.2 Å². The van der Waals surface area contributed by atoms with Gasteiger partial charge in [-0.05, 0) is 38.2 Å². The van der Waals surface area contributed by atoms with Crippen LogP contribution in [0.2, 0.25) is 5.15 Å². The fourth-order valence-electron chi connectivity index (χ4n) is 2.81. The summed E-state index contributed by atoms with van der Waals surface area (Å²) in [5.74, 6) is 1.65. The standard InChI is InChI=1S/C20H28ClN5O.HI/c1-22-20(23-12-11-15-9-10-19(21)24-13-15)25-14-17(26(2)3)16-7-5-6-8-18(16)27-4;/h5-10,13,17H,11-12,14H2,1-4H3,(H2,22,23,25);1H. The van der Waals surface area contributed by atoms with Crippen molar-refractivity contribution in [2.24, 2.45) is 4.99 Å². The summed E-state index contributed by atoms with van der Waals surface area (Å²) in [5.41, 5.74) is 2.27. The SMILES string of the molecule is CN=C(NCCc1ccc(Cl)nc1)NCC(c1ccccc1OC)N(C)C.I. The normalized spacial score (nSPS) is 12.3. The van der Waals surface area contributed by atoms with E-state index >= 15 is 0 Å². The fourth-order valence-corrected chi connectivity index (χ4v) is 2.92. The van der Waals surface area contributed by atoms with E-state index in [9.17, 15) is 0 Å². The van der Waals surface area contributed by atoms with Crippen molar-refractivity contribution in [3.63, 3.8) is 0 Å². The molecule has 2 rings (SSSR count). The molecule has 1 heterocycles. The Balaban J connectivity index is 0.00000392. The number of nitrogens with one attached hydrogen (secondary N) is 2. The number of halogens is 2. The Morgan fingerprint density at radius 3 is 2.57 bits per heavy atom. The molecule has 1 aromatic heterocycles. The molecule has 0 spiro atoms. The molecule has 1 atom stereocenters. The number of hydrogen-bond acceptors (Lipinski definition) is 4. The van der Waals surface area contributed by atoms with Gasteiger partial charge in [0.1, 0.15) is 10.9 Å². The van der Waals surface area contributed by atoms with Gasteiger partial charge < -0.3 is 20.3 Å². The van der Waals surface area contributed by atoms with Crippen molar-refractivity contribution in [2.45, 2.75) is 12.5 Å². The van der Waals surface area contributed by atoms with Crippen LogP contribution in [0.4, 0.5) is 0 Å². The average Bonchev–Trinajstić information content (AvgIpc) is 2.68. The molecule has 28 heavy (non-hydrogen) atoms. The summed E-state index contributed by atoms with van der Waals surface area (Å²) in [4.78, 5) is 10.6. The summed E-state index contributed by atoms with van der Waals surface area (Å²) < 4.78 is 5.52. The van der Waals surface area contributed by atoms with Gasteiger partial charge in [-0.1, -0.05) is 35.9 Å². The van der Waals surface area contributed by atoms with Crippen LogP contribution in [0.25, 0.3) is 0 Å². The smallest absolute Gasteiger partial charge is 0.191 e. The molecule has 1 aromatic carbocycles. The maximum atomic E-state index is 5.82. The molecule has 0 bridgehead atoms. The van der Waals surface area contributed by atoms with Gasteiger partial charge >= 0.3 is 0 Å². The van der Waals surface area contributed by atoms with Crippen LogP contribution in [0.3, 0.4) is 0 Å². The number of ether oxygens (including phenoxy) is 1. The Bertz CT molecular complexity index is 740. The molecular formula is C20H29ClIN5O. The minimum Gasteiger partial charge on any atom is -0.496 e. The Morgan fingerprint density at radius 1 is 1.21 bits per heavy atom. The van der Waals surface area contributed by atoms with Crippen molar-refractivity contribution in [1.82, 2.24) is 20.5 Å². The molecule has 6 nitrogen and oxygen atoms in total. The topological polar surface area (TPSA) is 61.8 Å².